The van der Waals surface area contributed by atoms with E-state index in [4.69, 9.17) is 5.73 Å². The normalized spacial score (nSPS) is 11.5. The highest BCUT2D eigenvalue weighted by Gasteiger charge is 2.31. The summed E-state index contributed by atoms with van der Waals surface area (Å²) in [4.78, 5) is 0. The first-order valence-electron chi connectivity index (χ1n) is 2.65. The summed E-state index contributed by atoms with van der Waals surface area (Å²) in [7, 11) is 0. The van der Waals surface area contributed by atoms with Crippen molar-refractivity contribution in [3.05, 3.63) is 17.8 Å². The maximum Gasteiger partial charge on any atom is 0.418 e. The van der Waals surface area contributed by atoms with E-state index >= 15 is 0 Å². The second-order valence-corrected chi connectivity index (χ2v) is 1.87. The van der Waals surface area contributed by atoms with E-state index in [2.05, 4.69) is 10.2 Å². The Labute approximate surface area is 60.0 Å². The van der Waals surface area contributed by atoms with Crippen LogP contribution >= 0.6 is 0 Å². The van der Waals surface area contributed by atoms with Crippen molar-refractivity contribution in [2.24, 2.45) is 0 Å². The lowest BCUT2D eigenvalue weighted by molar-refractivity contribution is -0.137. The van der Waals surface area contributed by atoms with E-state index in [1.807, 2.05) is 0 Å². The Morgan fingerprint density at radius 3 is 2.36 bits per heavy atom. The molecule has 0 aliphatic heterocycles. The zero-order chi connectivity index (χ0) is 8.48. The predicted octanol–water partition coefficient (Wildman–Crippen LogP) is 1.08. The quantitative estimate of drug-likeness (QED) is 0.622. The second-order valence-electron chi connectivity index (χ2n) is 1.87. The smallest absolute Gasteiger partial charge is 0.382 e. The Morgan fingerprint density at radius 1 is 1.36 bits per heavy atom. The van der Waals surface area contributed by atoms with Gasteiger partial charge in [-0.2, -0.15) is 18.3 Å². The van der Waals surface area contributed by atoms with Gasteiger partial charge in [0.05, 0.1) is 11.8 Å². The van der Waals surface area contributed by atoms with Crippen LogP contribution in [-0.2, 0) is 6.18 Å². The van der Waals surface area contributed by atoms with Crippen molar-refractivity contribution in [1.29, 1.82) is 0 Å². The summed E-state index contributed by atoms with van der Waals surface area (Å²) in [5.74, 6) is -0.236. The molecule has 0 bridgehead atoms. The average molecular weight is 163 g/mol. The first-order valence-corrected chi connectivity index (χ1v) is 2.65. The Balaban J connectivity index is 3.06. The molecule has 2 N–H and O–H groups in total. The minimum Gasteiger partial charge on any atom is -0.382 e. The van der Waals surface area contributed by atoms with Crippen molar-refractivity contribution >= 4 is 5.82 Å². The monoisotopic (exact) mass is 163 g/mol. The molecule has 0 spiro atoms. The van der Waals surface area contributed by atoms with Gasteiger partial charge in [-0.3, -0.25) is 0 Å². The summed E-state index contributed by atoms with van der Waals surface area (Å²) >= 11 is 0. The van der Waals surface area contributed by atoms with Crippen LogP contribution < -0.4 is 5.73 Å². The molecule has 0 atom stereocenters. The van der Waals surface area contributed by atoms with Crippen LogP contribution in [0.1, 0.15) is 5.56 Å². The van der Waals surface area contributed by atoms with Crippen molar-refractivity contribution in [1.82, 2.24) is 10.2 Å². The maximum atomic E-state index is 11.8. The first-order chi connectivity index (χ1) is 5.00. The zero-order valence-corrected chi connectivity index (χ0v) is 5.26. The van der Waals surface area contributed by atoms with Crippen LogP contribution in [0.4, 0.5) is 19.0 Å². The Kier molecular flexibility index (Phi) is 1.67. The summed E-state index contributed by atoms with van der Waals surface area (Å²) < 4.78 is 35.5. The highest BCUT2D eigenvalue weighted by atomic mass is 19.4. The molecule has 0 aliphatic carbocycles. The predicted molar refractivity (Wildman–Crippen MR) is 31.4 cm³/mol. The number of halogens is 3. The molecule has 0 amide bonds. The van der Waals surface area contributed by atoms with Crippen LogP contribution in [0.2, 0.25) is 0 Å². The maximum absolute atomic E-state index is 11.8. The minimum atomic E-state index is -4.40. The molecule has 3 nitrogen and oxygen atoms in total. The largest absolute Gasteiger partial charge is 0.418 e. The molecule has 0 radical (unpaired) electrons. The third kappa shape index (κ3) is 1.79. The number of aromatic nitrogens is 2. The highest BCUT2D eigenvalue weighted by molar-refractivity contribution is 5.30. The fraction of sp³-hybridized carbons (Fsp3) is 0.200. The summed E-state index contributed by atoms with van der Waals surface area (Å²) in [6.45, 7) is 0. The summed E-state index contributed by atoms with van der Waals surface area (Å²) in [6, 6.07) is 0.729. The molecule has 6 heteroatoms. The number of nitrogen functional groups attached to an aromatic ring is 1. The number of anilines is 1. The molecule has 0 aromatic carbocycles. The molecule has 11 heavy (non-hydrogen) atoms. The van der Waals surface area contributed by atoms with Crippen LogP contribution in [0.15, 0.2) is 12.3 Å². The zero-order valence-electron chi connectivity index (χ0n) is 5.26. The molecule has 1 heterocycles. The Morgan fingerprint density at radius 2 is 2.00 bits per heavy atom. The highest BCUT2D eigenvalue weighted by Crippen LogP contribution is 2.28. The lowest BCUT2D eigenvalue weighted by atomic mass is 10.3. The molecule has 0 fully saturated rings. The molecular weight excluding hydrogens is 159 g/mol. The summed E-state index contributed by atoms with van der Waals surface area (Å²) in [5, 5.41) is 6.24. The topological polar surface area (TPSA) is 51.8 Å². The van der Waals surface area contributed by atoms with Crippen molar-refractivity contribution in [3.63, 3.8) is 0 Å². The fourth-order valence-electron chi connectivity index (χ4n) is 0.538. The molecule has 1 aromatic heterocycles. The average Bonchev–Trinajstić information content (AvgIpc) is 1.86. The SMILES string of the molecule is Nc1cc(C(F)(F)F)cnn1. The molecule has 0 saturated heterocycles. The van der Waals surface area contributed by atoms with Gasteiger partial charge in [-0.05, 0) is 6.07 Å². The van der Waals surface area contributed by atoms with E-state index in [9.17, 15) is 13.2 Å². The van der Waals surface area contributed by atoms with Crippen LogP contribution in [-0.4, -0.2) is 10.2 Å². The van der Waals surface area contributed by atoms with Crippen molar-refractivity contribution in [2.45, 2.75) is 6.18 Å². The van der Waals surface area contributed by atoms with Gasteiger partial charge in [0.1, 0.15) is 5.82 Å². The summed E-state index contributed by atoms with van der Waals surface area (Å²) in [6.07, 6.45) is -3.78. The van der Waals surface area contributed by atoms with Gasteiger partial charge in [0.2, 0.25) is 0 Å². The van der Waals surface area contributed by atoms with E-state index < -0.39 is 11.7 Å². The second kappa shape index (κ2) is 2.37. The van der Waals surface area contributed by atoms with Crippen LogP contribution in [0.3, 0.4) is 0 Å². The Bertz CT molecular complexity index is 257. The van der Waals surface area contributed by atoms with Gasteiger partial charge in [0.25, 0.3) is 0 Å². The lowest BCUT2D eigenvalue weighted by Crippen LogP contribution is -2.07. The number of rotatable bonds is 0. The molecule has 0 unspecified atom stereocenters. The number of alkyl halides is 3. The van der Waals surface area contributed by atoms with Gasteiger partial charge < -0.3 is 5.73 Å². The molecule has 1 aromatic rings. The standard InChI is InChI=1S/C5H4F3N3/c6-5(7,8)3-1-4(9)11-10-2-3/h1-2H,(H2,9,11). The van der Waals surface area contributed by atoms with Crippen molar-refractivity contribution in [2.75, 3.05) is 5.73 Å². The van der Waals surface area contributed by atoms with Crippen LogP contribution in [0.25, 0.3) is 0 Å². The van der Waals surface area contributed by atoms with Gasteiger partial charge in [-0.1, -0.05) is 0 Å². The van der Waals surface area contributed by atoms with Gasteiger partial charge >= 0.3 is 6.18 Å². The van der Waals surface area contributed by atoms with Crippen molar-refractivity contribution < 1.29 is 13.2 Å². The van der Waals surface area contributed by atoms with E-state index in [1.54, 1.807) is 0 Å². The number of nitrogens with two attached hydrogens (primary N) is 1. The summed E-state index contributed by atoms with van der Waals surface area (Å²) in [5.41, 5.74) is 4.10. The molecule has 0 saturated carbocycles. The minimum absolute atomic E-state index is 0.236. The molecule has 1 rings (SSSR count). The third-order valence-corrected chi connectivity index (χ3v) is 1.00. The number of nitrogens with zero attached hydrogens (tertiary/aromatic N) is 2. The fourth-order valence-corrected chi connectivity index (χ4v) is 0.538. The van der Waals surface area contributed by atoms with Crippen LogP contribution in [0, 0.1) is 0 Å². The van der Waals surface area contributed by atoms with E-state index in [0.29, 0.717) is 6.20 Å². The van der Waals surface area contributed by atoms with Gasteiger partial charge in [-0.15, -0.1) is 5.10 Å². The molecule has 60 valence electrons. The Hall–Kier alpha value is -1.33. The first kappa shape index (κ1) is 7.77. The van der Waals surface area contributed by atoms with Gasteiger partial charge in [0.15, 0.2) is 0 Å². The van der Waals surface area contributed by atoms with E-state index in [0.717, 1.165) is 6.07 Å². The van der Waals surface area contributed by atoms with Crippen molar-refractivity contribution in [3.8, 4) is 0 Å². The van der Waals surface area contributed by atoms with Gasteiger partial charge in [0, 0.05) is 0 Å². The van der Waals surface area contributed by atoms with Crippen LogP contribution in [0.5, 0.6) is 0 Å². The lowest BCUT2D eigenvalue weighted by Gasteiger charge is -2.04. The van der Waals surface area contributed by atoms with E-state index in [1.165, 1.54) is 0 Å². The third-order valence-electron chi connectivity index (χ3n) is 1.00. The molecule has 0 aliphatic rings. The number of hydrogen-bond acceptors (Lipinski definition) is 3. The van der Waals surface area contributed by atoms with Gasteiger partial charge in [-0.25, -0.2) is 0 Å². The molecular formula is C5H4F3N3. The number of hydrogen-bond donors (Lipinski definition) is 1. The van der Waals surface area contributed by atoms with E-state index in [-0.39, 0.29) is 5.82 Å².